The van der Waals surface area contributed by atoms with Crippen molar-refractivity contribution in [3.8, 4) is 0 Å². The van der Waals surface area contributed by atoms with E-state index >= 15 is 0 Å². The molecule has 17 heavy (non-hydrogen) atoms. The van der Waals surface area contributed by atoms with Gasteiger partial charge in [0.25, 0.3) is 0 Å². The summed E-state index contributed by atoms with van der Waals surface area (Å²) in [6, 6.07) is 0. The fraction of sp³-hybridized carbons (Fsp3) is 0.636. The SMILES string of the molecule is CC1OCCC1CNC(=O)Cc1csc(N)n1. The Bertz CT molecular complexity index is 394. The molecular weight excluding hydrogens is 238 g/mol. The van der Waals surface area contributed by atoms with Crippen molar-refractivity contribution in [1.29, 1.82) is 0 Å². The van der Waals surface area contributed by atoms with Gasteiger partial charge in [-0.3, -0.25) is 4.79 Å². The van der Waals surface area contributed by atoms with Gasteiger partial charge in [-0.15, -0.1) is 11.3 Å². The smallest absolute Gasteiger partial charge is 0.226 e. The van der Waals surface area contributed by atoms with Gasteiger partial charge in [-0.2, -0.15) is 0 Å². The van der Waals surface area contributed by atoms with Crippen molar-refractivity contribution in [2.75, 3.05) is 18.9 Å². The molecule has 6 heteroatoms. The van der Waals surface area contributed by atoms with Crippen LogP contribution in [-0.2, 0) is 16.0 Å². The lowest BCUT2D eigenvalue weighted by Gasteiger charge is -2.14. The minimum absolute atomic E-state index is 0.00519. The van der Waals surface area contributed by atoms with Crippen LogP contribution in [0.1, 0.15) is 19.0 Å². The number of hydrogen-bond donors (Lipinski definition) is 2. The minimum Gasteiger partial charge on any atom is -0.378 e. The molecule has 1 aromatic heterocycles. The van der Waals surface area contributed by atoms with Crippen LogP contribution < -0.4 is 11.1 Å². The van der Waals surface area contributed by atoms with Crippen LogP contribution >= 0.6 is 11.3 Å². The number of amides is 1. The van der Waals surface area contributed by atoms with E-state index in [1.54, 1.807) is 0 Å². The number of rotatable bonds is 4. The van der Waals surface area contributed by atoms with E-state index in [2.05, 4.69) is 10.3 Å². The molecule has 5 nitrogen and oxygen atoms in total. The van der Waals surface area contributed by atoms with Gasteiger partial charge in [-0.25, -0.2) is 4.98 Å². The van der Waals surface area contributed by atoms with Crippen LogP contribution in [0.15, 0.2) is 5.38 Å². The summed E-state index contributed by atoms with van der Waals surface area (Å²) in [7, 11) is 0. The molecule has 0 aliphatic carbocycles. The molecule has 94 valence electrons. The average molecular weight is 255 g/mol. The largest absolute Gasteiger partial charge is 0.378 e. The maximum absolute atomic E-state index is 11.7. The van der Waals surface area contributed by atoms with Gasteiger partial charge in [0, 0.05) is 24.4 Å². The highest BCUT2D eigenvalue weighted by Gasteiger charge is 2.24. The minimum atomic E-state index is -0.00519. The summed E-state index contributed by atoms with van der Waals surface area (Å²) in [5.41, 5.74) is 6.24. The van der Waals surface area contributed by atoms with Crippen LogP contribution in [-0.4, -0.2) is 30.1 Å². The van der Waals surface area contributed by atoms with Crippen molar-refractivity contribution in [1.82, 2.24) is 10.3 Å². The zero-order chi connectivity index (χ0) is 12.3. The first-order chi connectivity index (χ1) is 8.15. The van der Waals surface area contributed by atoms with Crippen molar-refractivity contribution in [2.45, 2.75) is 25.9 Å². The molecule has 3 N–H and O–H groups in total. The quantitative estimate of drug-likeness (QED) is 0.834. The number of carbonyl (C=O) groups excluding carboxylic acids is 1. The predicted molar refractivity (Wildman–Crippen MR) is 66.8 cm³/mol. The number of thiazole rings is 1. The van der Waals surface area contributed by atoms with E-state index in [1.807, 2.05) is 12.3 Å². The molecule has 0 radical (unpaired) electrons. The highest BCUT2D eigenvalue weighted by molar-refractivity contribution is 7.13. The summed E-state index contributed by atoms with van der Waals surface area (Å²) in [5, 5.41) is 5.24. The predicted octanol–water partition coefficient (Wildman–Crippen LogP) is 0.809. The lowest BCUT2D eigenvalue weighted by atomic mass is 10.0. The number of carbonyl (C=O) groups is 1. The third-order valence-electron chi connectivity index (χ3n) is 3.01. The zero-order valence-electron chi connectivity index (χ0n) is 9.81. The van der Waals surface area contributed by atoms with Gasteiger partial charge >= 0.3 is 0 Å². The number of nitrogens with two attached hydrogens (primary N) is 1. The Morgan fingerprint density at radius 1 is 1.76 bits per heavy atom. The summed E-state index contributed by atoms with van der Waals surface area (Å²) in [6.07, 6.45) is 1.56. The van der Waals surface area contributed by atoms with E-state index in [1.165, 1.54) is 11.3 Å². The topological polar surface area (TPSA) is 77.2 Å². The molecule has 0 aromatic carbocycles. The third kappa shape index (κ3) is 3.41. The van der Waals surface area contributed by atoms with Crippen molar-refractivity contribution in [3.63, 3.8) is 0 Å². The van der Waals surface area contributed by atoms with E-state index in [9.17, 15) is 4.79 Å². The fourth-order valence-electron chi connectivity index (χ4n) is 1.92. The zero-order valence-corrected chi connectivity index (χ0v) is 10.6. The van der Waals surface area contributed by atoms with Crippen LogP contribution in [0, 0.1) is 5.92 Å². The molecule has 0 saturated carbocycles. The Morgan fingerprint density at radius 3 is 3.18 bits per heavy atom. The van der Waals surface area contributed by atoms with Gasteiger partial charge in [0.2, 0.25) is 5.91 Å². The molecule has 2 unspecified atom stereocenters. The van der Waals surface area contributed by atoms with Crippen molar-refractivity contribution < 1.29 is 9.53 Å². The monoisotopic (exact) mass is 255 g/mol. The van der Waals surface area contributed by atoms with E-state index in [-0.39, 0.29) is 12.0 Å². The number of aromatic nitrogens is 1. The summed E-state index contributed by atoms with van der Waals surface area (Å²) in [5.74, 6) is 0.425. The second-order valence-electron chi connectivity index (χ2n) is 4.28. The van der Waals surface area contributed by atoms with E-state index in [0.29, 0.717) is 24.0 Å². The molecule has 1 aliphatic rings. The fourth-order valence-corrected chi connectivity index (χ4v) is 2.48. The highest BCUT2D eigenvalue weighted by Crippen LogP contribution is 2.19. The second kappa shape index (κ2) is 5.46. The molecule has 2 atom stereocenters. The van der Waals surface area contributed by atoms with Crippen molar-refractivity contribution >= 4 is 22.4 Å². The Labute approximate surface area is 104 Å². The van der Waals surface area contributed by atoms with Crippen LogP contribution in [0.25, 0.3) is 0 Å². The maximum atomic E-state index is 11.7. The number of nitrogens with zero attached hydrogens (tertiary/aromatic N) is 1. The van der Waals surface area contributed by atoms with Gasteiger partial charge in [0.1, 0.15) is 0 Å². The summed E-state index contributed by atoms with van der Waals surface area (Å²) in [4.78, 5) is 15.7. The Morgan fingerprint density at radius 2 is 2.59 bits per heavy atom. The molecule has 0 spiro atoms. The van der Waals surface area contributed by atoms with E-state index in [0.717, 1.165) is 18.7 Å². The molecule has 1 aliphatic heterocycles. The number of anilines is 1. The lowest BCUT2D eigenvalue weighted by molar-refractivity contribution is -0.120. The highest BCUT2D eigenvalue weighted by atomic mass is 32.1. The Balaban J connectivity index is 1.74. The van der Waals surface area contributed by atoms with Crippen LogP contribution in [0.4, 0.5) is 5.13 Å². The number of nitrogen functional groups attached to an aromatic ring is 1. The van der Waals surface area contributed by atoms with E-state index in [4.69, 9.17) is 10.5 Å². The molecular formula is C11H17N3O2S. The molecule has 2 heterocycles. The molecule has 1 saturated heterocycles. The summed E-state index contributed by atoms with van der Waals surface area (Å²) >= 11 is 1.36. The number of ether oxygens (including phenoxy) is 1. The van der Waals surface area contributed by atoms with Gasteiger partial charge in [-0.05, 0) is 13.3 Å². The van der Waals surface area contributed by atoms with Gasteiger partial charge in [-0.1, -0.05) is 0 Å². The lowest BCUT2D eigenvalue weighted by Crippen LogP contribution is -2.32. The second-order valence-corrected chi connectivity index (χ2v) is 5.17. The molecule has 1 aromatic rings. The molecule has 1 fully saturated rings. The Kier molecular flexibility index (Phi) is 3.96. The van der Waals surface area contributed by atoms with Crippen molar-refractivity contribution in [3.05, 3.63) is 11.1 Å². The first-order valence-corrected chi connectivity index (χ1v) is 6.61. The molecule has 1 amide bonds. The molecule has 0 bridgehead atoms. The standard InChI is InChI=1S/C11H17N3O2S/c1-7-8(2-3-16-7)5-13-10(15)4-9-6-17-11(12)14-9/h6-8H,2-5H2,1H3,(H2,12,14)(H,13,15). The first kappa shape index (κ1) is 12.3. The van der Waals surface area contributed by atoms with Crippen LogP contribution in [0.2, 0.25) is 0 Å². The summed E-state index contributed by atoms with van der Waals surface area (Å²) in [6.45, 7) is 3.52. The summed E-state index contributed by atoms with van der Waals surface area (Å²) < 4.78 is 5.44. The van der Waals surface area contributed by atoms with Gasteiger partial charge < -0.3 is 15.8 Å². The Hall–Kier alpha value is -1.14. The number of nitrogens with one attached hydrogen (secondary N) is 1. The average Bonchev–Trinajstić information content (AvgIpc) is 2.85. The van der Waals surface area contributed by atoms with E-state index < -0.39 is 0 Å². The molecule has 2 rings (SSSR count). The first-order valence-electron chi connectivity index (χ1n) is 5.73. The van der Waals surface area contributed by atoms with Gasteiger partial charge in [0.15, 0.2) is 5.13 Å². The van der Waals surface area contributed by atoms with Crippen LogP contribution in [0.5, 0.6) is 0 Å². The van der Waals surface area contributed by atoms with Crippen LogP contribution in [0.3, 0.4) is 0 Å². The third-order valence-corrected chi connectivity index (χ3v) is 3.73. The van der Waals surface area contributed by atoms with Gasteiger partial charge in [0.05, 0.1) is 18.2 Å². The van der Waals surface area contributed by atoms with Crippen molar-refractivity contribution in [2.24, 2.45) is 5.92 Å². The number of hydrogen-bond acceptors (Lipinski definition) is 5. The maximum Gasteiger partial charge on any atom is 0.226 e. The normalized spacial score (nSPS) is 23.8.